The van der Waals surface area contributed by atoms with Crippen LogP contribution in [0.3, 0.4) is 0 Å². The van der Waals surface area contributed by atoms with Gasteiger partial charge in [0, 0.05) is 37.8 Å². The fourth-order valence-electron chi connectivity index (χ4n) is 4.53. The van der Waals surface area contributed by atoms with E-state index in [0.29, 0.717) is 32.7 Å². The first-order chi connectivity index (χ1) is 15.2. The van der Waals surface area contributed by atoms with Crippen LogP contribution in [0.5, 0.6) is 0 Å². The number of carbonyl (C=O) groups is 1. The Kier molecular flexibility index (Phi) is 5.46. The SMILES string of the molecule is O=C(CCCn1cncn1)N1CCC2(CC1)OCCc1cnc(-c3ccccc3)nc12. The number of hydrogen-bond acceptors (Lipinski definition) is 6. The maximum Gasteiger partial charge on any atom is 0.222 e. The van der Waals surface area contributed by atoms with Gasteiger partial charge in [-0.3, -0.25) is 9.48 Å². The van der Waals surface area contributed by atoms with Crippen molar-refractivity contribution in [3.05, 3.63) is 60.4 Å². The number of amides is 1. The molecule has 3 aromatic rings. The number of fused-ring (bicyclic) bond motifs is 2. The molecular weight excluding hydrogens is 392 g/mol. The minimum atomic E-state index is -0.419. The normalized spacial score (nSPS) is 17.5. The molecule has 2 aliphatic heterocycles. The van der Waals surface area contributed by atoms with Gasteiger partial charge in [0.25, 0.3) is 0 Å². The van der Waals surface area contributed by atoms with E-state index < -0.39 is 5.60 Å². The fraction of sp³-hybridized carbons (Fsp3) is 0.435. The van der Waals surface area contributed by atoms with Gasteiger partial charge in [-0.1, -0.05) is 30.3 Å². The van der Waals surface area contributed by atoms with Gasteiger partial charge < -0.3 is 9.64 Å². The van der Waals surface area contributed by atoms with E-state index in [-0.39, 0.29) is 5.91 Å². The minimum absolute atomic E-state index is 0.193. The second-order valence-corrected chi connectivity index (χ2v) is 8.17. The van der Waals surface area contributed by atoms with Crippen molar-refractivity contribution in [3.63, 3.8) is 0 Å². The van der Waals surface area contributed by atoms with Crippen molar-refractivity contribution in [1.82, 2.24) is 29.6 Å². The van der Waals surface area contributed by atoms with Crippen molar-refractivity contribution < 1.29 is 9.53 Å². The number of likely N-dealkylation sites (tertiary alicyclic amines) is 1. The molecular formula is C23H26N6O2. The highest BCUT2D eigenvalue weighted by molar-refractivity contribution is 5.76. The molecule has 0 radical (unpaired) electrons. The van der Waals surface area contributed by atoms with Crippen molar-refractivity contribution in [2.24, 2.45) is 0 Å². The minimum Gasteiger partial charge on any atom is -0.368 e. The van der Waals surface area contributed by atoms with Crippen molar-refractivity contribution in [2.75, 3.05) is 19.7 Å². The summed E-state index contributed by atoms with van der Waals surface area (Å²) in [5.41, 5.74) is 2.76. The number of rotatable bonds is 5. The molecule has 4 heterocycles. The quantitative estimate of drug-likeness (QED) is 0.633. The van der Waals surface area contributed by atoms with Gasteiger partial charge in [0.1, 0.15) is 18.3 Å². The van der Waals surface area contributed by atoms with Gasteiger partial charge in [-0.2, -0.15) is 5.10 Å². The van der Waals surface area contributed by atoms with E-state index in [4.69, 9.17) is 9.72 Å². The zero-order valence-electron chi connectivity index (χ0n) is 17.5. The average Bonchev–Trinajstić information content (AvgIpc) is 3.34. The van der Waals surface area contributed by atoms with Crippen molar-refractivity contribution >= 4 is 5.91 Å². The summed E-state index contributed by atoms with van der Waals surface area (Å²) < 4.78 is 8.09. The Hall–Kier alpha value is -3.13. The Morgan fingerprint density at radius 2 is 2.00 bits per heavy atom. The maximum atomic E-state index is 12.7. The standard InChI is InChI=1S/C23H26N6O2/c30-20(7-4-11-29-17-24-16-26-29)28-12-9-23(10-13-28)21-19(8-14-31-23)15-25-22(27-21)18-5-2-1-3-6-18/h1-3,5-6,15-17H,4,7-14H2. The first-order valence-corrected chi connectivity index (χ1v) is 10.9. The van der Waals surface area contributed by atoms with E-state index in [2.05, 4.69) is 15.1 Å². The average molecular weight is 419 g/mol. The van der Waals surface area contributed by atoms with Gasteiger partial charge in [0.05, 0.1) is 12.3 Å². The van der Waals surface area contributed by atoms with Crippen LogP contribution in [0.4, 0.5) is 0 Å². The summed E-state index contributed by atoms with van der Waals surface area (Å²) in [5.74, 6) is 0.925. The molecule has 0 aliphatic carbocycles. The summed E-state index contributed by atoms with van der Waals surface area (Å²) >= 11 is 0. The number of nitrogens with zero attached hydrogens (tertiary/aromatic N) is 6. The highest BCUT2D eigenvalue weighted by atomic mass is 16.5. The Bertz CT molecular complexity index is 1030. The second kappa shape index (κ2) is 8.55. The van der Waals surface area contributed by atoms with Crippen LogP contribution < -0.4 is 0 Å². The van der Waals surface area contributed by atoms with Gasteiger partial charge >= 0.3 is 0 Å². The van der Waals surface area contributed by atoms with Crippen LogP contribution in [-0.2, 0) is 28.1 Å². The number of piperidine rings is 1. The lowest BCUT2D eigenvalue weighted by Gasteiger charge is -2.44. The van der Waals surface area contributed by atoms with Gasteiger partial charge in [0.15, 0.2) is 5.82 Å². The van der Waals surface area contributed by atoms with Gasteiger partial charge in [-0.05, 0) is 31.2 Å². The summed E-state index contributed by atoms with van der Waals surface area (Å²) in [6.07, 6.45) is 8.79. The third-order valence-electron chi connectivity index (χ3n) is 6.25. The molecule has 0 bridgehead atoms. The first-order valence-electron chi connectivity index (χ1n) is 10.9. The van der Waals surface area contributed by atoms with Crippen LogP contribution in [0.1, 0.15) is 36.9 Å². The van der Waals surface area contributed by atoms with Gasteiger partial charge in [-0.25, -0.2) is 15.0 Å². The molecule has 1 amide bonds. The van der Waals surface area contributed by atoms with Crippen LogP contribution in [0.2, 0.25) is 0 Å². The monoisotopic (exact) mass is 418 g/mol. The lowest BCUT2D eigenvalue weighted by atomic mass is 9.83. The topological polar surface area (TPSA) is 86.0 Å². The first kappa shape index (κ1) is 19.8. The Morgan fingerprint density at radius 1 is 1.16 bits per heavy atom. The molecule has 1 fully saturated rings. The molecule has 8 heteroatoms. The lowest BCUT2D eigenvalue weighted by Crippen LogP contribution is -2.49. The molecule has 160 valence electrons. The van der Waals surface area contributed by atoms with Crippen LogP contribution in [0.25, 0.3) is 11.4 Å². The molecule has 2 aliphatic rings. The second-order valence-electron chi connectivity index (χ2n) is 8.17. The lowest BCUT2D eigenvalue weighted by molar-refractivity contribution is -0.141. The molecule has 2 aromatic heterocycles. The molecule has 1 saturated heterocycles. The largest absolute Gasteiger partial charge is 0.368 e. The molecule has 5 rings (SSSR count). The summed E-state index contributed by atoms with van der Waals surface area (Å²) in [5, 5.41) is 4.08. The molecule has 0 saturated carbocycles. The van der Waals surface area contributed by atoms with E-state index in [9.17, 15) is 4.79 Å². The molecule has 1 spiro atoms. The number of aryl methyl sites for hydroxylation is 1. The Morgan fingerprint density at radius 3 is 2.77 bits per heavy atom. The summed E-state index contributed by atoms with van der Waals surface area (Å²) in [6.45, 7) is 2.75. The maximum absolute atomic E-state index is 12.7. The number of aromatic nitrogens is 5. The van der Waals surface area contributed by atoms with E-state index >= 15 is 0 Å². The third-order valence-corrected chi connectivity index (χ3v) is 6.25. The number of hydrogen-bond donors (Lipinski definition) is 0. The summed E-state index contributed by atoms with van der Waals surface area (Å²) in [6, 6.07) is 10.0. The summed E-state index contributed by atoms with van der Waals surface area (Å²) in [7, 11) is 0. The van der Waals surface area contributed by atoms with E-state index in [1.54, 1.807) is 11.0 Å². The van der Waals surface area contributed by atoms with Crippen molar-refractivity contribution in [2.45, 2.75) is 44.2 Å². The zero-order chi connectivity index (χ0) is 21.1. The van der Waals surface area contributed by atoms with Crippen LogP contribution >= 0.6 is 0 Å². The molecule has 0 N–H and O–H groups in total. The highest BCUT2D eigenvalue weighted by Crippen LogP contribution is 2.41. The fourth-order valence-corrected chi connectivity index (χ4v) is 4.53. The van der Waals surface area contributed by atoms with Crippen LogP contribution in [-0.4, -0.2) is 55.2 Å². The molecule has 0 atom stereocenters. The van der Waals surface area contributed by atoms with Gasteiger partial charge in [-0.15, -0.1) is 0 Å². The van der Waals surface area contributed by atoms with Gasteiger partial charge in [0.2, 0.25) is 5.91 Å². The third kappa shape index (κ3) is 4.07. The Balaban J connectivity index is 1.26. The van der Waals surface area contributed by atoms with E-state index in [0.717, 1.165) is 42.8 Å². The molecule has 31 heavy (non-hydrogen) atoms. The smallest absolute Gasteiger partial charge is 0.222 e. The predicted octanol–water partition coefficient (Wildman–Crippen LogP) is 2.61. The Labute approximate surface area is 181 Å². The van der Waals surface area contributed by atoms with E-state index in [1.165, 1.54) is 11.9 Å². The van der Waals surface area contributed by atoms with Crippen LogP contribution in [0, 0.1) is 0 Å². The summed E-state index contributed by atoms with van der Waals surface area (Å²) in [4.78, 5) is 28.1. The predicted molar refractivity (Wildman–Crippen MR) is 114 cm³/mol. The van der Waals surface area contributed by atoms with Crippen molar-refractivity contribution in [1.29, 1.82) is 0 Å². The number of carbonyl (C=O) groups excluding carboxylic acids is 1. The zero-order valence-corrected chi connectivity index (χ0v) is 17.5. The highest BCUT2D eigenvalue weighted by Gasteiger charge is 2.43. The number of benzene rings is 1. The van der Waals surface area contributed by atoms with Crippen molar-refractivity contribution in [3.8, 4) is 11.4 Å². The van der Waals surface area contributed by atoms with Crippen LogP contribution in [0.15, 0.2) is 49.2 Å². The van der Waals surface area contributed by atoms with E-state index in [1.807, 2.05) is 41.4 Å². The number of ether oxygens (including phenoxy) is 1. The molecule has 8 nitrogen and oxygen atoms in total. The molecule has 1 aromatic carbocycles. The molecule has 0 unspecified atom stereocenters.